The molecule has 0 radical (unpaired) electrons. The normalized spacial score (nSPS) is 19.6. The Morgan fingerprint density at radius 3 is 3.11 bits per heavy atom. The predicted molar refractivity (Wildman–Crippen MR) is 67.4 cm³/mol. The summed E-state index contributed by atoms with van der Waals surface area (Å²) in [5.74, 6) is -0.0449. The molecular weight excluding hydrogens is 230 g/mol. The van der Waals surface area contributed by atoms with Gasteiger partial charge in [-0.1, -0.05) is 18.2 Å². The van der Waals surface area contributed by atoms with Gasteiger partial charge in [0.1, 0.15) is 11.8 Å². The second kappa shape index (κ2) is 4.46. The van der Waals surface area contributed by atoms with Crippen LogP contribution in [0.1, 0.15) is 23.2 Å². The first kappa shape index (κ1) is 11.3. The number of aliphatic hydroxyl groups excluding tert-OH is 1. The van der Waals surface area contributed by atoms with Gasteiger partial charge in [0.2, 0.25) is 0 Å². The Morgan fingerprint density at radius 2 is 2.28 bits per heavy atom. The highest BCUT2D eigenvalue weighted by atomic mass is 16.3. The molecule has 1 aliphatic rings. The molecule has 3 rings (SSSR count). The topological polar surface area (TPSA) is 53.7 Å². The minimum atomic E-state index is -0.0498. The van der Waals surface area contributed by atoms with Gasteiger partial charge in [0.05, 0.1) is 18.2 Å². The van der Waals surface area contributed by atoms with Gasteiger partial charge in [-0.3, -0.25) is 4.79 Å². The van der Waals surface area contributed by atoms with Crippen LogP contribution in [0.15, 0.2) is 34.9 Å². The third kappa shape index (κ3) is 1.69. The number of carbonyl (C=O) groups excluding carboxylic acids is 1. The number of carbonyl (C=O) groups is 1. The van der Waals surface area contributed by atoms with Crippen molar-refractivity contribution in [1.82, 2.24) is 4.90 Å². The Kier molecular flexibility index (Phi) is 2.80. The summed E-state index contributed by atoms with van der Waals surface area (Å²) in [6.45, 7) is 0.741. The zero-order chi connectivity index (χ0) is 12.5. The molecule has 1 N–H and O–H groups in total. The maximum atomic E-state index is 12.4. The average Bonchev–Trinajstić information content (AvgIpc) is 3.04. The smallest absolute Gasteiger partial charge is 0.258 e. The number of aliphatic hydroxyl groups is 1. The highest BCUT2D eigenvalue weighted by Crippen LogP contribution is 2.25. The maximum Gasteiger partial charge on any atom is 0.258 e. The van der Waals surface area contributed by atoms with Crippen molar-refractivity contribution in [1.29, 1.82) is 0 Å². The van der Waals surface area contributed by atoms with Crippen molar-refractivity contribution in [3.63, 3.8) is 0 Å². The summed E-state index contributed by atoms with van der Waals surface area (Å²) in [4.78, 5) is 14.2. The summed E-state index contributed by atoms with van der Waals surface area (Å²) < 4.78 is 5.39. The Hall–Kier alpha value is -1.81. The molecule has 0 saturated carbocycles. The first-order valence-electron chi connectivity index (χ1n) is 6.19. The fraction of sp³-hybridized carbons (Fsp3) is 0.357. The number of hydrogen-bond acceptors (Lipinski definition) is 3. The Morgan fingerprint density at radius 1 is 1.44 bits per heavy atom. The predicted octanol–water partition coefficient (Wildman–Crippen LogP) is 2.03. The van der Waals surface area contributed by atoms with Crippen LogP contribution >= 0.6 is 0 Å². The van der Waals surface area contributed by atoms with E-state index in [0.717, 1.165) is 23.8 Å². The molecule has 4 nitrogen and oxygen atoms in total. The molecule has 0 spiro atoms. The van der Waals surface area contributed by atoms with Crippen LogP contribution in [0.2, 0.25) is 0 Å². The molecule has 1 aliphatic heterocycles. The lowest BCUT2D eigenvalue weighted by Gasteiger charge is -2.22. The number of hydrogen-bond donors (Lipinski definition) is 1. The molecule has 0 unspecified atom stereocenters. The lowest BCUT2D eigenvalue weighted by molar-refractivity contribution is 0.0678. The first-order chi connectivity index (χ1) is 8.81. The summed E-state index contributed by atoms with van der Waals surface area (Å²) >= 11 is 0. The van der Waals surface area contributed by atoms with E-state index in [1.807, 2.05) is 24.3 Å². The number of rotatable bonds is 2. The van der Waals surface area contributed by atoms with E-state index in [1.54, 1.807) is 4.90 Å². The van der Waals surface area contributed by atoms with Crippen LogP contribution in [-0.4, -0.2) is 35.1 Å². The summed E-state index contributed by atoms with van der Waals surface area (Å²) in [6.07, 6.45) is 3.34. The molecule has 1 amide bonds. The molecule has 1 atom stereocenters. The quantitative estimate of drug-likeness (QED) is 0.880. The van der Waals surface area contributed by atoms with Gasteiger partial charge in [-0.2, -0.15) is 0 Å². The summed E-state index contributed by atoms with van der Waals surface area (Å²) in [6, 6.07) is 7.45. The van der Waals surface area contributed by atoms with Gasteiger partial charge in [-0.05, 0) is 18.9 Å². The van der Waals surface area contributed by atoms with Crippen LogP contribution < -0.4 is 0 Å². The number of para-hydroxylation sites is 1. The minimum absolute atomic E-state index is 0.0293. The molecule has 4 heteroatoms. The van der Waals surface area contributed by atoms with E-state index in [4.69, 9.17) is 4.42 Å². The van der Waals surface area contributed by atoms with E-state index in [9.17, 15) is 9.90 Å². The van der Waals surface area contributed by atoms with Gasteiger partial charge in [0.25, 0.3) is 5.91 Å². The molecule has 1 aromatic carbocycles. The third-order valence-electron chi connectivity index (χ3n) is 3.56. The number of fused-ring (bicyclic) bond motifs is 1. The Labute approximate surface area is 105 Å². The largest absolute Gasteiger partial charge is 0.463 e. The van der Waals surface area contributed by atoms with Gasteiger partial charge in [-0.15, -0.1) is 0 Å². The van der Waals surface area contributed by atoms with Gasteiger partial charge in [-0.25, -0.2) is 0 Å². The first-order valence-corrected chi connectivity index (χ1v) is 6.19. The molecule has 0 aliphatic carbocycles. The molecule has 2 heterocycles. The SMILES string of the molecule is O=C(c1coc2ccccc12)N1CCC[C@@H]1CO. The molecule has 1 saturated heterocycles. The standard InChI is InChI=1S/C14H15NO3/c16-8-10-4-3-7-15(10)14(17)12-9-18-13-6-2-1-5-11(12)13/h1-2,5-6,9-10,16H,3-4,7-8H2/t10-/m1/s1. The van der Waals surface area contributed by atoms with Crippen LogP contribution in [0.5, 0.6) is 0 Å². The van der Waals surface area contributed by atoms with Crippen molar-refractivity contribution in [2.45, 2.75) is 18.9 Å². The van der Waals surface area contributed by atoms with Crippen molar-refractivity contribution in [2.75, 3.05) is 13.2 Å². The van der Waals surface area contributed by atoms with Gasteiger partial charge >= 0.3 is 0 Å². The van der Waals surface area contributed by atoms with E-state index < -0.39 is 0 Å². The molecule has 0 bridgehead atoms. The fourth-order valence-corrected chi connectivity index (χ4v) is 2.59. The van der Waals surface area contributed by atoms with E-state index in [-0.39, 0.29) is 18.6 Å². The van der Waals surface area contributed by atoms with E-state index >= 15 is 0 Å². The maximum absolute atomic E-state index is 12.4. The third-order valence-corrected chi connectivity index (χ3v) is 3.56. The van der Waals surface area contributed by atoms with Gasteiger partial charge in [0, 0.05) is 11.9 Å². The van der Waals surface area contributed by atoms with E-state index in [1.165, 1.54) is 6.26 Å². The zero-order valence-electron chi connectivity index (χ0n) is 10.0. The number of nitrogens with zero attached hydrogens (tertiary/aromatic N) is 1. The lowest BCUT2D eigenvalue weighted by Crippen LogP contribution is -2.37. The molecular formula is C14H15NO3. The number of benzene rings is 1. The molecule has 18 heavy (non-hydrogen) atoms. The molecule has 2 aromatic rings. The van der Waals surface area contributed by atoms with Crippen molar-refractivity contribution < 1.29 is 14.3 Å². The number of likely N-dealkylation sites (tertiary alicyclic amines) is 1. The second-order valence-electron chi connectivity index (χ2n) is 4.62. The van der Waals surface area contributed by atoms with Gasteiger partial charge in [0.15, 0.2) is 0 Å². The number of furan rings is 1. The van der Waals surface area contributed by atoms with Crippen molar-refractivity contribution in [3.05, 3.63) is 36.1 Å². The van der Waals surface area contributed by atoms with Crippen molar-refractivity contribution >= 4 is 16.9 Å². The van der Waals surface area contributed by atoms with Crippen molar-refractivity contribution in [2.24, 2.45) is 0 Å². The van der Waals surface area contributed by atoms with Gasteiger partial charge < -0.3 is 14.4 Å². The van der Waals surface area contributed by atoms with Crippen LogP contribution in [0.25, 0.3) is 11.0 Å². The fourth-order valence-electron chi connectivity index (χ4n) is 2.59. The Bertz CT molecular complexity index is 575. The minimum Gasteiger partial charge on any atom is -0.463 e. The van der Waals surface area contributed by atoms with Crippen molar-refractivity contribution in [3.8, 4) is 0 Å². The van der Waals surface area contributed by atoms with Crippen LogP contribution in [0.4, 0.5) is 0 Å². The van der Waals surface area contributed by atoms with Crippen LogP contribution in [0, 0.1) is 0 Å². The average molecular weight is 245 g/mol. The zero-order valence-corrected chi connectivity index (χ0v) is 10.0. The summed E-state index contributed by atoms with van der Waals surface area (Å²) in [5, 5.41) is 10.1. The summed E-state index contributed by atoms with van der Waals surface area (Å²) in [5.41, 5.74) is 1.31. The van der Waals surface area contributed by atoms with E-state index in [0.29, 0.717) is 12.1 Å². The highest BCUT2D eigenvalue weighted by molar-refractivity contribution is 6.06. The molecule has 1 aromatic heterocycles. The van der Waals surface area contributed by atoms with Crippen LogP contribution in [-0.2, 0) is 0 Å². The molecule has 1 fully saturated rings. The highest BCUT2D eigenvalue weighted by Gasteiger charge is 2.30. The Balaban J connectivity index is 1.97. The van der Waals surface area contributed by atoms with E-state index in [2.05, 4.69) is 0 Å². The number of amides is 1. The monoisotopic (exact) mass is 245 g/mol. The second-order valence-corrected chi connectivity index (χ2v) is 4.62. The molecule has 94 valence electrons. The van der Waals surface area contributed by atoms with Crippen LogP contribution in [0.3, 0.4) is 0 Å². The summed E-state index contributed by atoms with van der Waals surface area (Å²) in [7, 11) is 0. The lowest BCUT2D eigenvalue weighted by atomic mass is 10.1.